The Morgan fingerprint density at radius 2 is 2.25 bits per heavy atom. The lowest BCUT2D eigenvalue weighted by molar-refractivity contribution is -0.00172. The van der Waals surface area contributed by atoms with Crippen molar-refractivity contribution in [3.05, 3.63) is 23.8 Å². The fraction of sp³-hybridized carbons (Fsp3) is 0.556. The molecule has 0 amide bonds. The first kappa shape index (κ1) is 9.45. The molecule has 0 aromatic rings. The van der Waals surface area contributed by atoms with Crippen molar-refractivity contribution < 1.29 is 15.3 Å². The highest BCUT2D eigenvalue weighted by Gasteiger charge is 2.28. The van der Waals surface area contributed by atoms with E-state index in [1.54, 1.807) is 19.1 Å². The van der Waals surface area contributed by atoms with E-state index in [9.17, 15) is 10.2 Å². The van der Waals surface area contributed by atoms with Gasteiger partial charge in [-0.25, -0.2) is 0 Å². The number of allylic oxidation sites excluding steroid dienone is 1. The van der Waals surface area contributed by atoms with E-state index in [2.05, 4.69) is 0 Å². The number of aliphatic hydroxyl groups excluding tert-OH is 2. The van der Waals surface area contributed by atoms with Gasteiger partial charge in [0.05, 0.1) is 0 Å². The van der Waals surface area contributed by atoms with Crippen LogP contribution in [0.4, 0.5) is 0 Å². The third-order valence-electron chi connectivity index (χ3n) is 1.97. The zero-order chi connectivity index (χ0) is 9.19. The molecule has 0 bridgehead atoms. The van der Waals surface area contributed by atoms with Crippen LogP contribution in [0.2, 0.25) is 0 Å². The average Bonchev–Trinajstić information content (AvgIpc) is 1.97. The van der Waals surface area contributed by atoms with E-state index < -0.39 is 11.7 Å². The Hall–Kier alpha value is -0.640. The lowest BCUT2D eigenvalue weighted by atomic mass is 9.90. The molecule has 3 heteroatoms. The van der Waals surface area contributed by atoms with Crippen LogP contribution in [0.1, 0.15) is 13.3 Å². The predicted octanol–water partition coefficient (Wildman–Crippen LogP) is -0.0231. The van der Waals surface area contributed by atoms with Gasteiger partial charge in [-0.2, -0.15) is 0 Å². The molecule has 12 heavy (non-hydrogen) atoms. The topological polar surface area (TPSA) is 60.7 Å². The van der Waals surface area contributed by atoms with Crippen LogP contribution in [0.15, 0.2) is 23.8 Å². The van der Waals surface area contributed by atoms with Gasteiger partial charge in [-0.05, 0) is 25.0 Å². The molecule has 0 heterocycles. The van der Waals surface area contributed by atoms with Crippen LogP contribution >= 0.6 is 0 Å². The molecule has 0 radical (unpaired) electrons. The van der Waals surface area contributed by atoms with E-state index in [0.29, 0.717) is 6.42 Å². The zero-order valence-corrected chi connectivity index (χ0v) is 7.07. The fourth-order valence-corrected chi connectivity index (χ4v) is 1.20. The molecular formula is C9H14O3. The van der Waals surface area contributed by atoms with Crippen LogP contribution in [0.5, 0.6) is 0 Å². The van der Waals surface area contributed by atoms with Gasteiger partial charge in [0, 0.05) is 6.61 Å². The van der Waals surface area contributed by atoms with Gasteiger partial charge in [-0.3, -0.25) is 0 Å². The maximum absolute atomic E-state index is 9.58. The summed E-state index contributed by atoms with van der Waals surface area (Å²) in [6.07, 6.45) is 4.50. The Morgan fingerprint density at radius 3 is 2.75 bits per heavy atom. The van der Waals surface area contributed by atoms with Crippen LogP contribution in [0, 0.1) is 0 Å². The molecule has 0 fully saturated rings. The van der Waals surface area contributed by atoms with Gasteiger partial charge in [0.1, 0.15) is 11.7 Å². The Bertz CT molecular complexity index is 216. The molecule has 2 atom stereocenters. The lowest BCUT2D eigenvalue weighted by Crippen LogP contribution is -2.37. The highest BCUT2D eigenvalue weighted by Crippen LogP contribution is 2.22. The minimum Gasteiger partial charge on any atom is -0.396 e. The monoisotopic (exact) mass is 170 g/mol. The molecule has 2 unspecified atom stereocenters. The second kappa shape index (κ2) is 3.39. The molecule has 0 spiro atoms. The van der Waals surface area contributed by atoms with Crippen molar-refractivity contribution in [2.24, 2.45) is 0 Å². The third-order valence-corrected chi connectivity index (χ3v) is 1.97. The third kappa shape index (κ3) is 1.94. The molecule has 3 N–H and O–H groups in total. The minimum atomic E-state index is -1.20. The Morgan fingerprint density at radius 1 is 1.58 bits per heavy atom. The molecule has 1 aliphatic rings. The molecule has 0 saturated carbocycles. The fourth-order valence-electron chi connectivity index (χ4n) is 1.20. The van der Waals surface area contributed by atoms with Gasteiger partial charge in [0.15, 0.2) is 0 Å². The zero-order valence-electron chi connectivity index (χ0n) is 7.07. The van der Waals surface area contributed by atoms with Crippen LogP contribution in [-0.4, -0.2) is 33.6 Å². The molecule has 0 saturated heterocycles. The summed E-state index contributed by atoms with van der Waals surface area (Å²) in [7, 11) is 0. The van der Waals surface area contributed by atoms with Gasteiger partial charge in [-0.15, -0.1) is 0 Å². The predicted molar refractivity (Wildman–Crippen MR) is 45.6 cm³/mol. The Labute approximate surface area is 71.7 Å². The van der Waals surface area contributed by atoms with Crippen molar-refractivity contribution in [2.75, 3.05) is 6.61 Å². The molecule has 3 nitrogen and oxygen atoms in total. The summed E-state index contributed by atoms with van der Waals surface area (Å²) in [5.41, 5.74) is -0.341. The van der Waals surface area contributed by atoms with E-state index in [1.807, 2.05) is 0 Å². The van der Waals surface area contributed by atoms with Gasteiger partial charge in [-0.1, -0.05) is 12.2 Å². The van der Waals surface area contributed by atoms with Crippen LogP contribution < -0.4 is 0 Å². The first-order chi connectivity index (χ1) is 5.56. The number of hydrogen-bond acceptors (Lipinski definition) is 3. The summed E-state index contributed by atoms with van der Waals surface area (Å²) in [5.74, 6) is 0. The quantitative estimate of drug-likeness (QED) is 0.545. The summed E-state index contributed by atoms with van der Waals surface area (Å²) in [4.78, 5) is 0. The van der Waals surface area contributed by atoms with Crippen molar-refractivity contribution in [1.29, 1.82) is 0 Å². The van der Waals surface area contributed by atoms with Gasteiger partial charge >= 0.3 is 0 Å². The van der Waals surface area contributed by atoms with Gasteiger partial charge < -0.3 is 15.3 Å². The number of aliphatic hydroxyl groups is 3. The summed E-state index contributed by atoms with van der Waals surface area (Å²) < 4.78 is 0. The Balaban J connectivity index is 2.74. The van der Waals surface area contributed by atoms with Crippen molar-refractivity contribution in [2.45, 2.75) is 25.0 Å². The molecule has 68 valence electrons. The smallest absolute Gasteiger partial charge is 0.110 e. The van der Waals surface area contributed by atoms with Crippen molar-refractivity contribution >= 4 is 0 Å². The maximum Gasteiger partial charge on any atom is 0.110 e. The van der Waals surface area contributed by atoms with Crippen molar-refractivity contribution in [3.63, 3.8) is 0 Å². The van der Waals surface area contributed by atoms with E-state index in [0.717, 1.165) is 5.57 Å². The summed E-state index contributed by atoms with van der Waals surface area (Å²) >= 11 is 0. The largest absolute Gasteiger partial charge is 0.396 e. The second-order valence-corrected chi connectivity index (χ2v) is 3.22. The molecule has 0 aliphatic heterocycles. The minimum absolute atomic E-state index is 0.0579. The normalized spacial score (nSPS) is 35.0. The number of hydrogen-bond donors (Lipinski definition) is 3. The molecular weight excluding hydrogens is 156 g/mol. The summed E-state index contributed by atoms with van der Waals surface area (Å²) in [6, 6.07) is 0. The average molecular weight is 170 g/mol. The second-order valence-electron chi connectivity index (χ2n) is 3.22. The van der Waals surface area contributed by atoms with Crippen molar-refractivity contribution in [3.8, 4) is 0 Å². The Kier molecular flexibility index (Phi) is 2.67. The summed E-state index contributed by atoms with van der Waals surface area (Å²) in [6.45, 7) is 1.60. The maximum atomic E-state index is 9.58. The van der Waals surface area contributed by atoms with Crippen LogP contribution in [0.25, 0.3) is 0 Å². The van der Waals surface area contributed by atoms with Crippen molar-refractivity contribution in [1.82, 2.24) is 0 Å². The first-order valence-corrected chi connectivity index (χ1v) is 3.97. The van der Waals surface area contributed by atoms with E-state index in [1.165, 1.54) is 6.08 Å². The standard InChI is InChI=1S/C9H14O3/c1-9(12)6-7(4-5-10)2-3-8(9)11/h2-3,6,8,10-12H,4-5H2,1H3. The van der Waals surface area contributed by atoms with Gasteiger partial charge in [0.2, 0.25) is 0 Å². The van der Waals surface area contributed by atoms with E-state index >= 15 is 0 Å². The van der Waals surface area contributed by atoms with Crippen LogP contribution in [0.3, 0.4) is 0 Å². The van der Waals surface area contributed by atoms with E-state index in [-0.39, 0.29) is 6.61 Å². The molecule has 0 aromatic heterocycles. The highest BCUT2D eigenvalue weighted by atomic mass is 16.3. The molecule has 1 rings (SSSR count). The van der Waals surface area contributed by atoms with E-state index in [4.69, 9.17) is 5.11 Å². The van der Waals surface area contributed by atoms with Gasteiger partial charge in [0.25, 0.3) is 0 Å². The number of rotatable bonds is 2. The highest BCUT2D eigenvalue weighted by molar-refractivity contribution is 5.30. The van der Waals surface area contributed by atoms with Crippen LogP contribution in [-0.2, 0) is 0 Å². The molecule has 1 aliphatic carbocycles. The first-order valence-electron chi connectivity index (χ1n) is 3.97. The summed E-state index contributed by atoms with van der Waals surface area (Å²) in [5, 5.41) is 27.5. The lowest BCUT2D eigenvalue weighted by Gasteiger charge is -2.27. The molecule has 0 aromatic carbocycles. The SMILES string of the molecule is CC1(O)C=C(CCO)C=CC1O.